The van der Waals surface area contributed by atoms with Gasteiger partial charge in [0.05, 0.1) is 24.4 Å². The third-order valence-electron chi connectivity index (χ3n) is 5.71. The van der Waals surface area contributed by atoms with E-state index in [0.29, 0.717) is 25.7 Å². The van der Waals surface area contributed by atoms with Crippen molar-refractivity contribution >= 4 is 0 Å². The van der Waals surface area contributed by atoms with Gasteiger partial charge in [-0.05, 0) is 38.8 Å². The second kappa shape index (κ2) is 9.83. The summed E-state index contributed by atoms with van der Waals surface area (Å²) in [6, 6.07) is 4.28. The Bertz CT molecular complexity index is 662. The van der Waals surface area contributed by atoms with Gasteiger partial charge in [-0.1, -0.05) is 17.7 Å². The van der Waals surface area contributed by atoms with Crippen LogP contribution < -0.4 is 11.5 Å². The number of hydrogen-bond acceptors (Lipinski definition) is 7. The van der Waals surface area contributed by atoms with Crippen molar-refractivity contribution in [2.75, 3.05) is 6.54 Å². The van der Waals surface area contributed by atoms with Crippen LogP contribution in [0.15, 0.2) is 12.1 Å². The first-order chi connectivity index (χ1) is 13.7. The van der Waals surface area contributed by atoms with Crippen molar-refractivity contribution < 1.29 is 24.1 Å². The van der Waals surface area contributed by atoms with Gasteiger partial charge in [-0.3, -0.25) is 0 Å². The van der Waals surface area contributed by atoms with Crippen molar-refractivity contribution in [3.8, 4) is 0 Å². The molecule has 5 N–H and O–H groups in total. The second-order valence-corrected chi connectivity index (χ2v) is 8.49. The van der Waals surface area contributed by atoms with E-state index in [1.54, 1.807) is 0 Å². The maximum atomic E-state index is 9.87. The van der Waals surface area contributed by atoms with E-state index in [2.05, 4.69) is 32.9 Å². The standard InChI is InChI=1S/C22H36N2O5/c1-12-5-13(2)21(14(3)6-12)22-28-19(10-20(24)29-22)9-18-8-17(7-16(25)11-23)26-15(4)27-18/h5-6,15-20,22,25H,7-11,23-24H2,1-4H3/t15-,16?,17?,18?,19?,20?,22+/m0/s1. The van der Waals surface area contributed by atoms with E-state index in [0.717, 1.165) is 16.7 Å². The Morgan fingerprint density at radius 2 is 1.62 bits per heavy atom. The van der Waals surface area contributed by atoms with E-state index in [1.165, 1.54) is 5.56 Å². The van der Waals surface area contributed by atoms with E-state index in [9.17, 15) is 5.11 Å². The van der Waals surface area contributed by atoms with Crippen molar-refractivity contribution in [2.45, 2.75) is 96.6 Å². The predicted octanol–water partition coefficient (Wildman–Crippen LogP) is 2.32. The van der Waals surface area contributed by atoms with Crippen LogP contribution in [0, 0.1) is 20.8 Å². The van der Waals surface area contributed by atoms with Crippen LogP contribution in [-0.4, -0.2) is 48.6 Å². The highest BCUT2D eigenvalue weighted by atomic mass is 16.7. The molecule has 0 saturated carbocycles. The number of aryl methyl sites for hydroxylation is 3. The molecule has 0 bridgehead atoms. The summed E-state index contributed by atoms with van der Waals surface area (Å²) in [4.78, 5) is 0. The zero-order chi connectivity index (χ0) is 21.1. The molecule has 0 radical (unpaired) electrons. The first-order valence-corrected chi connectivity index (χ1v) is 10.6. The molecule has 5 unspecified atom stereocenters. The van der Waals surface area contributed by atoms with Gasteiger partial charge in [0.1, 0.15) is 6.23 Å². The molecule has 164 valence electrons. The molecule has 2 aliphatic rings. The highest BCUT2D eigenvalue weighted by Crippen LogP contribution is 2.35. The molecule has 2 aliphatic heterocycles. The van der Waals surface area contributed by atoms with Crippen LogP contribution in [0.5, 0.6) is 0 Å². The first kappa shape index (κ1) is 22.6. The topological polar surface area (TPSA) is 109 Å². The molecule has 1 aromatic carbocycles. The molecule has 2 saturated heterocycles. The lowest BCUT2D eigenvalue weighted by Gasteiger charge is -2.40. The summed E-state index contributed by atoms with van der Waals surface area (Å²) in [6.07, 6.45) is 0.626. The Labute approximate surface area is 173 Å². The lowest BCUT2D eigenvalue weighted by molar-refractivity contribution is -0.272. The zero-order valence-corrected chi connectivity index (χ0v) is 18.0. The second-order valence-electron chi connectivity index (χ2n) is 8.49. The van der Waals surface area contributed by atoms with E-state index in [4.69, 9.17) is 30.4 Å². The quantitative estimate of drug-likeness (QED) is 0.663. The highest BCUT2D eigenvalue weighted by molar-refractivity contribution is 5.38. The normalized spacial score (nSPS) is 34.2. The van der Waals surface area contributed by atoms with Gasteiger partial charge in [0, 0.05) is 37.8 Å². The Balaban J connectivity index is 1.66. The third-order valence-corrected chi connectivity index (χ3v) is 5.71. The summed E-state index contributed by atoms with van der Waals surface area (Å²) in [6.45, 7) is 8.35. The molecule has 0 spiro atoms. The monoisotopic (exact) mass is 408 g/mol. The van der Waals surface area contributed by atoms with E-state index < -0.39 is 12.4 Å². The van der Waals surface area contributed by atoms with Gasteiger partial charge >= 0.3 is 0 Å². The van der Waals surface area contributed by atoms with E-state index in [1.807, 2.05) is 6.92 Å². The summed E-state index contributed by atoms with van der Waals surface area (Å²) in [5.74, 6) is 0. The van der Waals surface area contributed by atoms with Crippen molar-refractivity contribution in [1.29, 1.82) is 0 Å². The van der Waals surface area contributed by atoms with Gasteiger partial charge in [0.2, 0.25) is 0 Å². The third kappa shape index (κ3) is 5.98. The average molecular weight is 409 g/mol. The minimum Gasteiger partial charge on any atom is -0.392 e. The Morgan fingerprint density at radius 1 is 1.00 bits per heavy atom. The number of aliphatic hydroxyl groups excluding tert-OH is 1. The number of aliphatic hydroxyl groups is 1. The van der Waals surface area contributed by atoms with Gasteiger partial charge in [-0.15, -0.1) is 0 Å². The molecule has 7 atom stereocenters. The maximum absolute atomic E-state index is 9.87. The minimum atomic E-state index is -0.560. The van der Waals surface area contributed by atoms with E-state index >= 15 is 0 Å². The number of benzene rings is 1. The molecule has 0 aliphatic carbocycles. The summed E-state index contributed by atoms with van der Waals surface area (Å²) >= 11 is 0. The van der Waals surface area contributed by atoms with Crippen molar-refractivity contribution in [2.24, 2.45) is 11.5 Å². The number of rotatable bonds is 6. The summed E-state index contributed by atoms with van der Waals surface area (Å²) < 4.78 is 24.1. The number of nitrogens with two attached hydrogens (primary N) is 2. The fourth-order valence-corrected chi connectivity index (χ4v) is 4.56. The summed E-state index contributed by atoms with van der Waals surface area (Å²) in [5, 5.41) is 9.87. The van der Waals surface area contributed by atoms with Gasteiger partial charge < -0.3 is 35.5 Å². The number of hydrogen-bond donors (Lipinski definition) is 3. The van der Waals surface area contributed by atoms with Crippen molar-refractivity contribution in [3.63, 3.8) is 0 Å². The fourth-order valence-electron chi connectivity index (χ4n) is 4.56. The highest BCUT2D eigenvalue weighted by Gasteiger charge is 2.36. The molecule has 7 heteroatoms. The van der Waals surface area contributed by atoms with Crippen molar-refractivity contribution in [1.82, 2.24) is 0 Å². The van der Waals surface area contributed by atoms with Crippen LogP contribution in [0.4, 0.5) is 0 Å². The molecular formula is C22H36N2O5. The lowest BCUT2D eigenvalue weighted by atomic mass is 9.96. The Kier molecular flexibility index (Phi) is 7.67. The van der Waals surface area contributed by atoms with Gasteiger partial charge in [0.25, 0.3) is 0 Å². The minimum absolute atomic E-state index is 0.0233. The largest absolute Gasteiger partial charge is 0.392 e. The van der Waals surface area contributed by atoms with Gasteiger partial charge in [-0.25, -0.2) is 0 Å². The molecule has 29 heavy (non-hydrogen) atoms. The molecule has 3 rings (SSSR count). The molecule has 0 amide bonds. The maximum Gasteiger partial charge on any atom is 0.186 e. The van der Waals surface area contributed by atoms with Crippen LogP contribution in [0.3, 0.4) is 0 Å². The fraction of sp³-hybridized carbons (Fsp3) is 0.727. The van der Waals surface area contributed by atoms with Gasteiger partial charge in [-0.2, -0.15) is 0 Å². The summed E-state index contributed by atoms with van der Waals surface area (Å²) in [7, 11) is 0. The average Bonchev–Trinajstić information content (AvgIpc) is 2.59. The lowest BCUT2D eigenvalue weighted by Crippen LogP contribution is -2.44. The molecule has 2 fully saturated rings. The van der Waals surface area contributed by atoms with Crippen LogP contribution in [0.1, 0.15) is 61.2 Å². The molecule has 1 aromatic rings. The SMILES string of the molecule is Cc1cc(C)c([C@H]2OC(N)CC(CC3CC(CC(O)CN)O[C@H](C)O3)O2)c(C)c1. The zero-order valence-electron chi connectivity index (χ0n) is 18.0. The first-order valence-electron chi connectivity index (χ1n) is 10.6. The van der Waals surface area contributed by atoms with Crippen LogP contribution in [0.25, 0.3) is 0 Å². The van der Waals surface area contributed by atoms with Crippen LogP contribution in [0.2, 0.25) is 0 Å². The molecular weight excluding hydrogens is 372 g/mol. The predicted molar refractivity (Wildman–Crippen MR) is 110 cm³/mol. The van der Waals surface area contributed by atoms with Crippen LogP contribution in [-0.2, 0) is 18.9 Å². The van der Waals surface area contributed by atoms with Gasteiger partial charge in [0.15, 0.2) is 12.6 Å². The molecule has 7 nitrogen and oxygen atoms in total. The number of ether oxygens (including phenoxy) is 4. The molecule has 0 aromatic heterocycles. The Morgan fingerprint density at radius 3 is 2.28 bits per heavy atom. The summed E-state index contributed by atoms with van der Waals surface area (Å²) in [5.41, 5.74) is 16.3. The molecule has 2 heterocycles. The smallest absolute Gasteiger partial charge is 0.186 e. The van der Waals surface area contributed by atoms with Crippen molar-refractivity contribution in [3.05, 3.63) is 34.4 Å². The van der Waals surface area contributed by atoms with E-state index in [-0.39, 0.29) is 37.4 Å². The Hall–Kier alpha value is -1.06. The van der Waals surface area contributed by atoms with Crippen LogP contribution >= 0.6 is 0 Å².